The molecule has 2 aliphatic carbocycles. The predicted octanol–water partition coefficient (Wildman–Crippen LogP) is 2.24. The Balaban J connectivity index is 1.65. The molecule has 1 aromatic heterocycles. The molecule has 1 aromatic rings. The third-order valence-corrected chi connectivity index (χ3v) is 9.80. The number of aliphatic hydroxyl groups excluding tert-OH is 2. The topological polar surface area (TPSA) is 106 Å². The smallest absolute Gasteiger partial charge is 0.223 e. The third kappa shape index (κ3) is 4.27. The fraction of sp³-hybridized carbons (Fsp3) is 0.720. The van der Waals surface area contributed by atoms with E-state index >= 15 is 0 Å². The zero-order valence-corrected chi connectivity index (χ0v) is 21.4. The standard InChI is InChI=1S/C25H38N4O4S/c1-5-8-26-23-27-22-17(13-21(33)29-11-9-28(10-12-29)16(2)31)24(3)7-6-20(32)25(4,15-30)19(24)14-18(22)34-23/h5,17,19-20,30,32H,1,6-15H2,2-4H3,(H,26,27). The molecule has 8 nitrogen and oxygen atoms in total. The number of nitrogens with zero attached hydrogens (tertiary/aromatic N) is 3. The number of amides is 2. The monoisotopic (exact) mass is 490 g/mol. The number of nitrogens with one attached hydrogen (secondary N) is 1. The van der Waals surface area contributed by atoms with Crippen molar-refractivity contribution in [1.82, 2.24) is 14.8 Å². The van der Waals surface area contributed by atoms with Crippen LogP contribution in [0.4, 0.5) is 5.13 Å². The number of piperazine rings is 1. The molecule has 3 N–H and O–H groups in total. The number of hydrogen-bond acceptors (Lipinski definition) is 7. The van der Waals surface area contributed by atoms with Crippen molar-refractivity contribution in [3.05, 3.63) is 23.2 Å². The molecule has 2 heterocycles. The number of aromatic nitrogens is 1. The summed E-state index contributed by atoms with van der Waals surface area (Å²) in [6.07, 6.45) is 3.71. The molecular formula is C25H38N4O4S. The maximum Gasteiger partial charge on any atom is 0.223 e. The Kier molecular flexibility index (Phi) is 7.09. The second kappa shape index (κ2) is 9.59. The molecular weight excluding hydrogens is 452 g/mol. The first-order chi connectivity index (χ1) is 16.1. The minimum absolute atomic E-state index is 0.0429. The van der Waals surface area contributed by atoms with E-state index in [0.29, 0.717) is 45.6 Å². The summed E-state index contributed by atoms with van der Waals surface area (Å²) in [7, 11) is 0. The molecule has 0 aromatic carbocycles. The Hall–Kier alpha value is -1.97. The molecule has 2 fully saturated rings. The summed E-state index contributed by atoms with van der Waals surface area (Å²) in [6, 6.07) is 0. The number of aliphatic hydroxyl groups is 2. The third-order valence-electron chi connectivity index (χ3n) is 8.75. The summed E-state index contributed by atoms with van der Waals surface area (Å²) in [6.45, 7) is 12.3. The molecule has 1 aliphatic heterocycles. The zero-order valence-electron chi connectivity index (χ0n) is 20.5. The van der Waals surface area contributed by atoms with Gasteiger partial charge in [-0.3, -0.25) is 9.59 Å². The van der Waals surface area contributed by atoms with Crippen molar-refractivity contribution in [2.75, 3.05) is 44.6 Å². The van der Waals surface area contributed by atoms with E-state index in [1.807, 2.05) is 11.8 Å². The number of carbonyl (C=O) groups excluding carboxylic acids is 2. The fourth-order valence-electron chi connectivity index (χ4n) is 6.46. The van der Waals surface area contributed by atoms with E-state index in [1.54, 1.807) is 29.2 Å². The van der Waals surface area contributed by atoms with Gasteiger partial charge in [0, 0.05) is 62.3 Å². The highest BCUT2D eigenvalue weighted by atomic mass is 32.1. The van der Waals surface area contributed by atoms with E-state index in [1.165, 1.54) is 0 Å². The summed E-state index contributed by atoms with van der Waals surface area (Å²) in [5.74, 6) is 0.0895. The van der Waals surface area contributed by atoms with Crippen molar-refractivity contribution in [2.45, 2.75) is 58.5 Å². The molecule has 5 unspecified atom stereocenters. The summed E-state index contributed by atoms with van der Waals surface area (Å²) in [5, 5.41) is 25.4. The minimum Gasteiger partial charge on any atom is -0.396 e. The van der Waals surface area contributed by atoms with Crippen molar-refractivity contribution in [3.63, 3.8) is 0 Å². The zero-order chi connectivity index (χ0) is 24.7. The van der Waals surface area contributed by atoms with Crippen molar-refractivity contribution in [3.8, 4) is 0 Å². The quantitative estimate of drug-likeness (QED) is 0.528. The Morgan fingerprint density at radius 2 is 1.94 bits per heavy atom. The van der Waals surface area contributed by atoms with Gasteiger partial charge in [0.1, 0.15) is 0 Å². The first-order valence-electron chi connectivity index (χ1n) is 12.3. The van der Waals surface area contributed by atoms with Gasteiger partial charge in [-0.05, 0) is 30.6 Å². The van der Waals surface area contributed by atoms with Gasteiger partial charge >= 0.3 is 0 Å². The number of anilines is 1. The highest BCUT2D eigenvalue weighted by Crippen LogP contribution is 2.62. The normalized spacial score (nSPS) is 33.1. The van der Waals surface area contributed by atoms with Crippen molar-refractivity contribution in [1.29, 1.82) is 0 Å². The predicted molar refractivity (Wildman–Crippen MR) is 133 cm³/mol. The Morgan fingerprint density at radius 1 is 1.26 bits per heavy atom. The maximum atomic E-state index is 13.5. The van der Waals surface area contributed by atoms with Gasteiger partial charge in [-0.25, -0.2) is 4.98 Å². The number of rotatable bonds is 6. The van der Waals surface area contributed by atoms with Crippen LogP contribution in [0.15, 0.2) is 12.7 Å². The molecule has 188 valence electrons. The molecule has 4 rings (SSSR count). The molecule has 9 heteroatoms. The summed E-state index contributed by atoms with van der Waals surface area (Å²) in [5.41, 5.74) is 0.102. The van der Waals surface area contributed by atoms with Gasteiger partial charge in [-0.1, -0.05) is 19.9 Å². The average Bonchev–Trinajstić information content (AvgIpc) is 3.24. The van der Waals surface area contributed by atoms with Crippen LogP contribution in [0, 0.1) is 16.7 Å². The van der Waals surface area contributed by atoms with Crippen LogP contribution in [0.25, 0.3) is 0 Å². The van der Waals surface area contributed by atoms with Crippen molar-refractivity contribution in [2.24, 2.45) is 16.7 Å². The first kappa shape index (κ1) is 25.1. The van der Waals surface area contributed by atoms with E-state index in [-0.39, 0.29) is 35.7 Å². The largest absolute Gasteiger partial charge is 0.396 e. The van der Waals surface area contributed by atoms with E-state index in [4.69, 9.17) is 4.98 Å². The second-order valence-corrected chi connectivity index (χ2v) is 11.7. The molecule has 1 saturated carbocycles. The summed E-state index contributed by atoms with van der Waals surface area (Å²) in [4.78, 5) is 34.9. The van der Waals surface area contributed by atoms with Crippen LogP contribution in [0.2, 0.25) is 0 Å². The number of carbonyl (C=O) groups is 2. The highest BCUT2D eigenvalue weighted by Gasteiger charge is 2.59. The minimum atomic E-state index is -0.627. The number of hydrogen-bond donors (Lipinski definition) is 3. The molecule has 34 heavy (non-hydrogen) atoms. The van der Waals surface area contributed by atoms with Gasteiger partial charge in [0.2, 0.25) is 11.8 Å². The lowest BCUT2D eigenvalue weighted by Crippen LogP contribution is -2.58. The van der Waals surface area contributed by atoms with Gasteiger partial charge < -0.3 is 25.3 Å². The second-order valence-electron chi connectivity index (χ2n) is 10.6. The Bertz CT molecular complexity index is 943. The molecule has 2 amide bonds. The van der Waals surface area contributed by atoms with Gasteiger partial charge in [-0.15, -0.1) is 17.9 Å². The van der Waals surface area contributed by atoms with Gasteiger partial charge in [-0.2, -0.15) is 0 Å². The lowest BCUT2D eigenvalue weighted by Gasteiger charge is -2.58. The van der Waals surface area contributed by atoms with Crippen LogP contribution in [0.5, 0.6) is 0 Å². The number of fused-ring (bicyclic) bond motifs is 2. The van der Waals surface area contributed by atoms with E-state index in [2.05, 4.69) is 18.8 Å². The van der Waals surface area contributed by atoms with Crippen molar-refractivity contribution >= 4 is 28.3 Å². The van der Waals surface area contributed by atoms with Crippen LogP contribution in [0.1, 0.15) is 56.5 Å². The highest BCUT2D eigenvalue weighted by molar-refractivity contribution is 7.15. The average molecular weight is 491 g/mol. The lowest BCUT2D eigenvalue weighted by molar-refractivity contribution is -0.149. The first-order valence-corrected chi connectivity index (χ1v) is 13.1. The summed E-state index contributed by atoms with van der Waals surface area (Å²) < 4.78 is 0. The van der Waals surface area contributed by atoms with Crippen molar-refractivity contribution < 1.29 is 19.8 Å². The van der Waals surface area contributed by atoms with E-state index in [9.17, 15) is 19.8 Å². The van der Waals surface area contributed by atoms with Gasteiger partial charge in [0.25, 0.3) is 0 Å². The molecule has 0 bridgehead atoms. The van der Waals surface area contributed by atoms with Gasteiger partial charge in [0.05, 0.1) is 18.4 Å². The molecule has 0 spiro atoms. The number of thiazole rings is 1. The molecule has 1 saturated heterocycles. The van der Waals surface area contributed by atoms with Crippen LogP contribution in [0.3, 0.4) is 0 Å². The fourth-order valence-corrected chi connectivity index (χ4v) is 7.53. The lowest BCUT2D eigenvalue weighted by atomic mass is 9.47. The molecule has 3 aliphatic rings. The van der Waals surface area contributed by atoms with Crippen LogP contribution < -0.4 is 5.32 Å². The Labute approximate surface area is 206 Å². The Morgan fingerprint density at radius 3 is 2.56 bits per heavy atom. The van der Waals surface area contributed by atoms with E-state index < -0.39 is 11.5 Å². The van der Waals surface area contributed by atoms with Crippen LogP contribution in [-0.2, 0) is 16.0 Å². The SMILES string of the molecule is C=CCNc1nc2c(s1)CC1C(C)(CO)C(O)CCC1(C)C2CC(=O)N1CCN(C(C)=O)CC1. The summed E-state index contributed by atoms with van der Waals surface area (Å²) >= 11 is 1.61. The molecule has 5 atom stereocenters. The maximum absolute atomic E-state index is 13.5. The van der Waals surface area contributed by atoms with Crippen LogP contribution >= 0.6 is 11.3 Å². The van der Waals surface area contributed by atoms with Gasteiger partial charge in [0.15, 0.2) is 5.13 Å². The molecule has 0 radical (unpaired) electrons. The van der Waals surface area contributed by atoms with Crippen LogP contribution in [-0.4, -0.2) is 82.2 Å². The van der Waals surface area contributed by atoms with E-state index in [0.717, 1.165) is 28.5 Å².